The highest BCUT2D eigenvalue weighted by molar-refractivity contribution is 5.89. The van der Waals surface area contributed by atoms with Crippen LogP contribution in [0.15, 0.2) is 229 Å². The molecule has 0 aliphatic heterocycles. The predicted octanol–water partition coefficient (Wildman–Crippen LogP) is 18.9. The topological polar surface area (TPSA) is 19.6 Å². The quantitative estimate of drug-likeness (QED) is 0.136. The van der Waals surface area contributed by atoms with Crippen LogP contribution in [-0.2, 0) is 5.41 Å². The van der Waals surface area contributed by atoms with Gasteiger partial charge in [-0.05, 0) is 162 Å². The normalized spacial score (nSPS) is 17.1. The maximum Gasteiger partial charge on any atom is 0.130 e. The Bertz CT molecular complexity index is 3330. The van der Waals surface area contributed by atoms with Crippen LogP contribution in [0, 0.1) is 0 Å². The van der Waals surface area contributed by atoms with E-state index in [1.165, 1.54) is 78.2 Å². The summed E-state index contributed by atoms with van der Waals surface area (Å²) in [5, 5.41) is 0. The average molecular weight is 923 g/mol. The lowest BCUT2D eigenvalue weighted by Gasteiger charge is -2.36. The largest absolute Gasteiger partial charge is 0.460 e. The Balaban J connectivity index is 0.00000270. The van der Waals surface area contributed by atoms with Crippen LogP contribution in [0.3, 0.4) is 0 Å². The standard InChI is InChI=1S/C66H56N2O.C2H6/c1-45-14-13-21-62-63(45)64-60-43-42-59(44-61(60)66(2,3)65(64)69-62)68(57-38-26-51(27-39-57)48-19-11-6-12-20-48)58-40-30-53(31-41-58)52-28-36-56(37-29-52)67(54-32-22-49(23-33-54)46-15-7-4-8-16-46)55-34-24-50(25-35-55)47-17-9-5-10-18-47;1-2/h4-13,15-24,26-34,36,38-45,56H,14,25,35,37H2,1-3H3;1-2H3. The molecule has 4 aliphatic carbocycles. The van der Waals surface area contributed by atoms with Crippen molar-refractivity contribution in [3.63, 3.8) is 0 Å². The third-order valence-electron chi connectivity index (χ3n) is 14.9. The van der Waals surface area contributed by atoms with Gasteiger partial charge in [-0.25, -0.2) is 0 Å². The van der Waals surface area contributed by atoms with Crippen LogP contribution < -0.4 is 9.80 Å². The molecule has 0 radical (unpaired) electrons. The van der Waals surface area contributed by atoms with Crippen LogP contribution in [-0.4, -0.2) is 6.04 Å². The van der Waals surface area contributed by atoms with Crippen LogP contribution in [0.2, 0.25) is 0 Å². The van der Waals surface area contributed by atoms with E-state index in [9.17, 15) is 0 Å². The molecule has 2 atom stereocenters. The van der Waals surface area contributed by atoms with E-state index in [1.807, 2.05) is 13.8 Å². The Labute approximate surface area is 421 Å². The van der Waals surface area contributed by atoms with Crippen molar-refractivity contribution in [3.8, 4) is 33.4 Å². The lowest BCUT2D eigenvalue weighted by atomic mass is 9.85. The van der Waals surface area contributed by atoms with Crippen molar-refractivity contribution in [1.29, 1.82) is 0 Å². The highest BCUT2D eigenvalue weighted by Crippen LogP contribution is 2.56. The summed E-state index contributed by atoms with van der Waals surface area (Å²) in [7, 11) is 0. The van der Waals surface area contributed by atoms with Gasteiger partial charge in [-0.15, -0.1) is 0 Å². The average Bonchev–Trinajstić information content (AvgIpc) is 3.94. The van der Waals surface area contributed by atoms with E-state index in [0.717, 1.165) is 54.3 Å². The summed E-state index contributed by atoms with van der Waals surface area (Å²) in [5.41, 5.74) is 21.0. The molecule has 0 saturated carbocycles. The second kappa shape index (κ2) is 19.5. The summed E-state index contributed by atoms with van der Waals surface area (Å²) in [4.78, 5) is 4.98. The van der Waals surface area contributed by atoms with Crippen molar-refractivity contribution >= 4 is 40.0 Å². The zero-order valence-corrected chi connectivity index (χ0v) is 41.6. The fourth-order valence-electron chi connectivity index (χ4n) is 11.2. The van der Waals surface area contributed by atoms with Crippen LogP contribution >= 0.6 is 0 Å². The molecule has 71 heavy (non-hydrogen) atoms. The first kappa shape index (κ1) is 45.6. The second-order valence-electron chi connectivity index (χ2n) is 19.6. The van der Waals surface area contributed by atoms with Crippen molar-refractivity contribution in [3.05, 3.63) is 258 Å². The number of nitrogens with zero attached hydrogens (tertiary/aromatic N) is 2. The number of hydrogen-bond acceptors (Lipinski definition) is 3. The number of allylic oxidation sites excluding steroid dienone is 7. The first-order valence-electron chi connectivity index (χ1n) is 25.7. The SMILES string of the molecule is CC.CC1CC=Cc2oc3c(c21)-c1ccc(N(c2ccc(C4=CCC(N(C5=CC=C(c6ccccc6)CC5)c5ccc(-c6ccccc6)cc5)C=C4)cc2)c2ccc(-c4ccccc4)cc2)cc1C3(C)C. The van der Waals surface area contributed by atoms with Crippen molar-refractivity contribution in [2.24, 2.45) is 0 Å². The van der Waals surface area contributed by atoms with Crippen LogP contribution in [0.25, 0.3) is 50.6 Å². The Hall–Kier alpha value is -7.88. The first-order chi connectivity index (χ1) is 34.9. The van der Waals surface area contributed by atoms with Gasteiger partial charge < -0.3 is 14.2 Å². The van der Waals surface area contributed by atoms with Gasteiger partial charge >= 0.3 is 0 Å². The summed E-state index contributed by atoms with van der Waals surface area (Å²) in [5.74, 6) is 2.54. The van der Waals surface area contributed by atoms with Crippen molar-refractivity contribution in [2.45, 2.75) is 77.7 Å². The Morgan fingerprint density at radius 3 is 1.65 bits per heavy atom. The number of furan rings is 1. The maximum atomic E-state index is 6.70. The summed E-state index contributed by atoms with van der Waals surface area (Å²) in [6.45, 7) is 11.0. The van der Waals surface area contributed by atoms with Crippen LogP contribution in [0.5, 0.6) is 0 Å². The van der Waals surface area contributed by atoms with Gasteiger partial charge in [0.1, 0.15) is 11.5 Å². The molecule has 2 unspecified atom stereocenters. The van der Waals surface area contributed by atoms with Gasteiger partial charge in [0.25, 0.3) is 0 Å². The second-order valence-corrected chi connectivity index (χ2v) is 19.6. The monoisotopic (exact) mass is 922 g/mol. The number of benzene rings is 7. The lowest BCUT2D eigenvalue weighted by Crippen LogP contribution is -2.34. The molecule has 0 bridgehead atoms. The molecule has 3 nitrogen and oxygen atoms in total. The van der Waals surface area contributed by atoms with E-state index in [2.05, 4.69) is 255 Å². The molecule has 7 aromatic carbocycles. The van der Waals surface area contributed by atoms with E-state index >= 15 is 0 Å². The van der Waals surface area contributed by atoms with E-state index < -0.39 is 0 Å². The molecule has 12 rings (SSSR count). The fourth-order valence-corrected chi connectivity index (χ4v) is 11.2. The third-order valence-corrected chi connectivity index (χ3v) is 14.9. The van der Waals surface area contributed by atoms with Gasteiger partial charge in [-0.3, -0.25) is 0 Å². The van der Waals surface area contributed by atoms with E-state index in [1.54, 1.807) is 0 Å². The Kier molecular flexibility index (Phi) is 12.5. The molecule has 3 heteroatoms. The molecule has 0 N–H and O–H groups in total. The zero-order chi connectivity index (χ0) is 48.5. The molecular weight excluding hydrogens is 861 g/mol. The van der Waals surface area contributed by atoms with E-state index in [-0.39, 0.29) is 11.5 Å². The minimum Gasteiger partial charge on any atom is -0.460 e. The minimum absolute atomic E-state index is 0.189. The molecule has 1 aromatic heterocycles. The van der Waals surface area contributed by atoms with Crippen molar-refractivity contribution in [2.75, 3.05) is 9.80 Å². The lowest BCUT2D eigenvalue weighted by molar-refractivity contribution is 0.430. The van der Waals surface area contributed by atoms with E-state index in [0.29, 0.717) is 5.92 Å². The highest BCUT2D eigenvalue weighted by Gasteiger charge is 2.43. The van der Waals surface area contributed by atoms with Gasteiger partial charge in [-0.2, -0.15) is 0 Å². The molecule has 350 valence electrons. The number of fused-ring (bicyclic) bond motifs is 5. The number of rotatable bonds is 10. The summed E-state index contributed by atoms with van der Waals surface area (Å²) < 4.78 is 6.70. The zero-order valence-electron chi connectivity index (χ0n) is 41.6. The Morgan fingerprint density at radius 2 is 1.08 bits per heavy atom. The summed E-state index contributed by atoms with van der Waals surface area (Å²) in [6.07, 6.45) is 20.2. The predicted molar refractivity (Wildman–Crippen MR) is 301 cm³/mol. The van der Waals surface area contributed by atoms with Crippen LogP contribution in [0.4, 0.5) is 22.7 Å². The fraction of sp³-hybridized carbons (Fsp3) is 0.176. The van der Waals surface area contributed by atoms with Gasteiger partial charge in [-0.1, -0.05) is 185 Å². The number of hydrogen-bond donors (Lipinski definition) is 0. The molecule has 0 saturated heterocycles. The highest BCUT2D eigenvalue weighted by atomic mass is 16.3. The summed E-state index contributed by atoms with van der Waals surface area (Å²) >= 11 is 0. The molecule has 4 aliphatic rings. The van der Waals surface area contributed by atoms with Gasteiger partial charge in [0.15, 0.2) is 0 Å². The van der Waals surface area contributed by atoms with Crippen LogP contribution in [0.1, 0.15) is 100.0 Å². The number of anilines is 4. The molecule has 0 spiro atoms. The molecular formula is C68H62N2O. The molecule has 1 heterocycles. The molecule has 8 aromatic rings. The maximum absolute atomic E-state index is 6.70. The van der Waals surface area contributed by atoms with Gasteiger partial charge in [0.05, 0.1) is 6.04 Å². The molecule has 0 amide bonds. The van der Waals surface area contributed by atoms with E-state index in [4.69, 9.17) is 4.42 Å². The first-order valence-corrected chi connectivity index (χ1v) is 25.7. The minimum atomic E-state index is -0.271. The van der Waals surface area contributed by atoms with Gasteiger partial charge in [0, 0.05) is 45.0 Å². The Morgan fingerprint density at radius 1 is 0.535 bits per heavy atom. The summed E-state index contributed by atoms with van der Waals surface area (Å²) in [6, 6.07) is 66.7. The smallest absolute Gasteiger partial charge is 0.130 e. The third kappa shape index (κ3) is 8.65. The van der Waals surface area contributed by atoms with Crippen molar-refractivity contribution < 1.29 is 4.42 Å². The van der Waals surface area contributed by atoms with Crippen molar-refractivity contribution in [1.82, 2.24) is 0 Å². The van der Waals surface area contributed by atoms with Gasteiger partial charge in [0.2, 0.25) is 0 Å². The molecule has 0 fully saturated rings.